The average molecular weight is 402 g/mol. The summed E-state index contributed by atoms with van der Waals surface area (Å²) < 4.78 is 27.1. The van der Waals surface area contributed by atoms with Crippen molar-refractivity contribution in [1.82, 2.24) is 0 Å². The van der Waals surface area contributed by atoms with Gasteiger partial charge >= 0.3 is 0 Å². The van der Waals surface area contributed by atoms with E-state index in [0.717, 1.165) is 18.2 Å². The Morgan fingerprint density at radius 2 is 1.65 bits per heavy atom. The fourth-order valence-corrected chi connectivity index (χ4v) is 3.46. The van der Waals surface area contributed by atoms with E-state index in [9.17, 15) is 28.6 Å². The molecule has 9 nitrogen and oxygen atoms in total. The molecule has 0 radical (unpaired) electrons. The van der Waals surface area contributed by atoms with Gasteiger partial charge in [0.25, 0.3) is 21.4 Å². The third kappa shape index (κ3) is 3.63. The maximum absolute atomic E-state index is 12.4. The van der Waals surface area contributed by atoms with E-state index in [2.05, 4.69) is 20.7 Å². The maximum atomic E-state index is 12.4. The average Bonchev–Trinajstić information content (AvgIpc) is 2.49. The molecule has 0 fully saturated rings. The molecule has 0 amide bonds. The van der Waals surface area contributed by atoms with Crippen LogP contribution in [-0.2, 0) is 10.0 Å². The Labute approximate surface area is 138 Å². The number of benzene rings is 2. The number of para-hydroxylation sites is 1. The van der Waals surface area contributed by atoms with Crippen LogP contribution < -0.4 is 4.72 Å². The molecule has 0 atom stereocenters. The van der Waals surface area contributed by atoms with E-state index in [1.165, 1.54) is 24.3 Å². The highest BCUT2D eigenvalue weighted by molar-refractivity contribution is 9.10. The lowest BCUT2D eigenvalue weighted by atomic mass is 10.3. The lowest BCUT2D eigenvalue weighted by molar-refractivity contribution is -0.387. The molecule has 0 unspecified atom stereocenters. The van der Waals surface area contributed by atoms with E-state index >= 15 is 0 Å². The summed E-state index contributed by atoms with van der Waals surface area (Å²) in [7, 11) is -4.30. The second-order valence-corrected chi connectivity index (χ2v) is 6.76. The molecule has 0 bridgehead atoms. The van der Waals surface area contributed by atoms with Gasteiger partial charge in [0, 0.05) is 22.7 Å². The fraction of sp³-hybridized carbons (Fsp3) is 0. The zero-order chi connectivity index (χ0) is 17.2. The van der Waals surface area contributed by atoms with Crippen LogP contribution in [-0.4, -0.2) is 18.3 Å². The van der Waals surface area contributed by atoms with Crippen LogP contribution in [0.2, 0.25) is 0 Å². The summed E-state index contributed by atoms with van der Waals surface area (Å²) in [6, 6.07) is 8.30. The molecule has 0 aromatic heterocycles. The van der Waals surface area contributed by atoms with E-state index in [0.29, 0.717) is 0 Å². The van der Waals surface area contributed by atoms with Crippen molar-refractivity contribution in [1.29, 1.82) is 0 Å². The molecule has 2 aromatic rings. The first kappa shape index (κ1) is 16.8. The molecule has 23 heavy (non-hydrogen) atoms. The highest BCUT2D eigenvalue weighted by atomic mass is 79.9. The van der Waals surface area contributed by atoms with Crippen LogP contribution in [0.25, 0.3) is 0 Å². The Morgan fingerprint density at radius 1 is 1.00 bits per heavy atom. The minimum atomic E-state index is -4.30. The number of nitrogens with one attached hydrogen (secondary N) is 1. The monoisotopic (exact) mass is 401 g/mol. The fourth-order valence-electron chi connectivity index (χ4n) is 1.74. The van der Waals surface area contributed by atoms with Gasteiger partial charge in [-0.3, -0.25) is 25.0 Å². The number of rotatable bonds is 5. The smallest absolute Gasteiger partial charge is 0.278 e. The number of hydrogen-bond donors (Lipinski definition) is 1. The lowest BCUT2D eigenvalue weighted by Gasteiger charge is -2.10. The molecular weight excluding hydrogens is 394 g/mol. The van der Waals surface area contributed by atoms with Crippen LogP contribution in [0.15, 0.2) is 51.8 Å². The maximum Gasteiger partial charge on any atom is 0.289 e. The number of anilines is 1. The first-order chi connectivity index (χ1) is 10.7. The van der Waals surface area contributed by atoms with Gasteiger partial charge in [0.15, 0.2) is 4.90 Å². The molecule has 11 heteroatoms. The summed E-state index contributed by atoms with van der Waals surface area (Å²) >= 11 is 3.07. The second kappa shape index (κ2) is 6.30. The topological polar surface area (TPSA) is 132 Å². The summed E-state index contributed by atoms with van der Waals surface area (Å²) in [6.07, 6.45) is 0. The highest BCUT2D eigenvalue weighted by Gasteiger charge is 2.26. The predicted molar refractivity (Wildman–Crippen MR) is 84.7 cm³/mol. The van der Waals surface area contributed by atoms with Crippen molar-refractivity contribution < 1.29 is 18.3 Å². The van der Waals surface area contributed by atoms with Crippen LogP contribution in [0.4, 0.5) is 17.1 Å². The van der Waals surface area contributed by atoms with Crippen molar-refractivity contribution in [3.05, 3.63) is 67.2 Å². The number of nitro benzene ring substituents is 2. The summed E-state index contributed by atoms with van der Waals surface area (Å²) in [5.41, 5.74) is -1.02. The van der Waals surface area contributed by atoms with Crippen molar-refractivity contribution in [3.63, 3.8) is 0 Å². The van der Waals surface area contributed by atoms with Gasteiger partial charge in [0.1, 0.15) is 0 Å². The minimum absolute atomic E-state index is 0.0997. The Kier molecular flexibility index (Phi) is 4.61. The number of nitrogens with zero attached hydrogens (tertiary/aromatic N) is 2. The Bertz CT molecular complexity index is 899. The van der Waals surface area contributed by atoms with Crippen LogP contribution in [0.3, 0.4) is 0 Å². The number of nitro groups is 2. The molecule has 0 aliphatic carbocycles. The van der Waals surface area contributed by atoms with Gasteiger partial charge in [-0.1, -0.05) is 12.1 Å². The third-order valence-corrected chi connectivity index (χ3v) is 4.86. The first-order valence-electron chi connectivity index (χ1n) is 5.92. The standard InChI is InChI=1S/C12H8BrN3O6S/c13-9-6-5-8(15(17)18)7-10(9)14-23(21,22)12-4-2-1-3-11(12)16(19)20/h1-7,14H. The van der Waals surface area contributed by atoms with Gasteiger partial charge in [-0.2, -0.15) is 0 Å². The lowest BCUT2D eigenvalue weighted by Crippen LogP contribution is -2.15. The third-order valence-electron chi connectivity index (χ3n) is 2.76. The van der Waals surface area contributed by atoms with Gasteiger partial charge in [-0.25, -0.2) is 8.42 Å². The normalized spacial score (nSPS) is 11.0. The molecule has 0 aliphatic heterocycles. The van der Waals surface area contributed by atoms with Gasteiger partial charge in [-0.05, 0) is 28.1 Å². The number of sulfonamides is 1. The number of halogens is 1. The number of hydrogen-bond acceptors (Lipinski definition) is 6. The van der Waals surface area contributed by atoms with Crippen molar-refractivity contribution in [3.8, 4) is 0 Å². The number of non-ortho nitro benzene ring substituents is 1. The Hall–Kier alpha value is -2.53. The zero-order valence-corrected chi connectivity index (χ0v) is 13.6. The van der Waals surface area contributed by atoms with Crippen molar-refractivity contribution >= 4 is 43.0 Å². The minimum Gasteiger partial charge on any atom is -0.278 e. The zero-order valence-electron chi connectivity index (χ0n) is 11.2. The van der Waals surface area contributed by atoms with Gasteiger partial charge in [-0.15, -0.1) is 0 Å². The Morgan fingerprint density at radius 3 is 2.26 bits per heavy atom. The molecule has 0 spiro atoms. The first-order valence-corrected chi connectivity index (χ1v) is 8.20. The quantitative estimate of drug-likeness (QED) is 0.604. The largest absolute Gasteiger partial charge is 0.289 e. The van der Waals surface area contributed by atoms with Crippen molar-refractivity contribution in [2.75, 3.05) is 4.72 Å². The van der Waals surface area contributed by atoms with E-state index in [1.54, 1.807) is 0 Å². The second-order valence-electron chi connectivity index (χ2n) is 4.25. The molecule has 2 aromatic carbocycles. The molecule has 120 valence electrons. The van der Waals surface area contributed by atoms with Crippen LogP contribution in [0.5, 0.6) is 0 Å². The van der Waals surface area contributed by atoms with E-state index in [4.69, 9.17) is 0 Å². The summed E-state index contributed by atoms with van der Waals surface area (Å²) in [6.45, 7) is 0. The van der Waals surface area contributed by atoms with Crippen molar-refractivity contribution in [2.45, 2.75) is 4.90 Å². The van der Waals surface area contributed by atoms with Gasteiger partial charge in [0.2, 0.25) is 0 Å². The molecule has 1 N–H and O–H groups in total. The molecule has 0 aliphatic rings. The highest BCUT2D eigenvalue weighted by Crippen LogP contribution is 2.31. The van der Waals surface area contributed by atoms with E-state index in [1.807, 2.05) is 0 Å². The van der Waals surface area contributed by atoms with Crippen LogP contribution >= 0.6 is 15.9 Å². The van der Waals surface area contributed by atoms with E-state index < -0.39 is 30.5 Å². The van der Waals surface area contributed by atoms with Crippen molar-refractivity contribution in [2.24, 2.45) is 0 Å². The summed E-state index contributed by atoms with van der Waals surface area (Å²) in [4.78, 5) is 19.7. The van der Waals surface area contributed by atoms with E-state index in [-0.39, 0.29) is 15.8 Å². The van der Waals surface area contributed by atoms with Gasteiger partial charge < -0.3 is 0 Å². The van der Waals surface area contributed by atoms with Crippen LogP contribution in [0, 0.1) is 20.2 Å². The molecule has 0 heterocycles. The molecule has 2 rings (SSSR count). The SMILES string of the molecule is O=[N+]([O-])c1ccc(Br)c(NS(=O)(=O)c2ccccc2[N+](=O)[O-])c1. The van der Waals surface area contributed by atoms with Crippen LogP contribution in [0.1, 0.15) is 0 Å². The van der Waals surface area contributed by atoms with Gasteiger partial charge in [0.05, 0.1) is 15.5 Å². The molecule has 0 saturated carbocycles. The molecular formula is C12H8BrN3O6S. The Balaban J connectivity index is 2.50. The summed E-state index contributed by atoms with van der Waals surface area (Å²) in [5, 5.41) is 21.7. The molecule has 0 saturated heterocycles. The summed E-state index contributed by atoms with van der Waals surface area (Å²) in [5.74, 6) is 0. The predicted octanol–water partition coefficient (Wildman–Crippen LogP) is 3.07.